The van der Waals surface area contributed by atoms with Gasteiger partial charge in [-0.15, -0.1) is 0 Å². The number of aromatic nitrogens is 4. The highest BCUT2D eigenvalue weighted by atomic mass is 35.5. The van der Waals surface area contributed by atoms with Crippen molar-refractivity contribution in [2.24, 2.45) is 0 Å². The summed E-state index contributed by atoms with van der Waals surface area (Å²) < 4.78 is 0. The van der Waals surface area contributed by atoms with Crippen LogP contribution in [0.3, 0.4) is 0 Å². The van der Waals surface area contributed by atoms with Crippen molar-refractivity contribution in [3.8, 4) is 67.3 Å². The molecule has 1 aliphatic rings. The van der Waals surface area contributed by atoms with Gasteiger partial charge in [-0.3, -0.25) is 0 Å². The van der Waals surface area contributed by atoms with Gasteiger partial charge in [-0.05, 0) is 103 Å². The summed E-state index contributed by atoms with van der Waals surface area (Å²) in [5.41, 5.74) is 17.6. The molecule has 5 heteroatoms. The lowest BCUT2D eigenvalue weighted by Crippen LogP contribution is -2.23. The van der Waals surface area contributed by atoms with Gasteiger partial charge in [0.05, 0.1) is 5.52 Å². The van der Waals surface area contributed by atoms with Crippen LogP contribution in [-0.2, 0) is 11.8 Å². The number of hydrogen-bond donors (Lipinski definition) is 1. The summed E-state index contributed by atoms with van der Waals surface area (Å²) in [5.74, 6) is 1.09. The molecule has 63 heavy (non-hydrogen) atoms. The number of aromatic amines is 1. The number of rotatable bonds is 7. The van der Waals surface area contributed by atoms with Crippen molar-refractivity contribution < 1.29 is 0 Å². The first kappa shape index (κ1) is 37.1. The Labute approximate surface area is 370 Å². The molecular formula is C58H39ClN4. The van der Waals surface area contributed by atoms with Gasteiger partial charge >= 0.3 is 0 Å². The van der Waals surface area contributed by atoms with E-state index in [1.54, 1.807) is 0 Å². The Morgan fingerprint density at radius 2 is 0.968 bits per heavy atom. The van der Waals surface area contributed by atoms with E-state index in [0.29, 0.717) is 11.6 Å². The average molecular weight is 827 g/mol. The molecule has 0 spiro atoms. The van der Waals surface area contributed by atoms with E-state index in [2.05, 4.69) is 192 Å². The minimum Gasteiger partial charge on any atom is -0.354 e. The maximum absolute atomic E-state index is 6.46. The van der Waals surface area contributed by atoms with Crippen molar-refractivity contribution in [1.29, 1.82) is 0 Å². The number of hydrogen-bond acceptors (Lipinski definition) is 3. The fourth-order valence-electron chi connectivity index (χ4n) is 9.89. The quantitative estimate of drug-likeness (QED) is 0.174. The Morgan fingerprint density at radius 1 is 0.429 bits per heavy atom. The van der Waals surface area contributed by atoms with Crippen molar-refractivity contribution in [2.75, 3.05) is 0 Å². The van der Waals surface area contributed by atoms with Crippen LogP contribution in [0.1, 0.15) is 23.6 Å². The third-order valence-electron chi connectivity index (χ3n) is 13.1. The minimum absolute atomic E-state index is 0.167. The molecule has 2 heterocycles. The molecule has 0 radical (unpaired) electrons. The van der Waals surface area contributed by atoms with Gasteiger partial charge in [0.2, 0.25) is 5.28 Å². The Balaban J connectivity index is 0.810. The first-order chi connectivity index (χ1) is 30.9. The second-order valence-corrected chi connectivity index (χ2v) is 17.2. The SMILES string of the molecule is CC1(Cc2ccc(-c3ccc(-c4nc(Cl)nc(-c5ccc(-c6ccccc6)cc5)n4)cc3)cc2)c2ccccc2-c2cc(-c3cccc4c3[nH]c3cc5ccccc5cc34)ccc21. The predicted octanol–water partition coefficient (Wildman–Crippen LogP) is 15.2. The van der Waals surface area contributed by atoms with Crippen LogP contribution in [-0.4, -0.2) is 19.9 Å². The monoisotopic (exact) mass is 826 g/mol. The molecule has 12 rings (SSSR count). The number of para-hydroxylation sites is 1. The minimum atomic E-state index is -0.185. The molecule has 1 unspecified atom stereocenters. The van der Waals surface area contributed by atoms with Crippen LogP contribution in [0.4, 0.5) is 0 Å². The van der Waals surface area contributed by atoms with Gasteiger partial charge in [0.1, 0.15) is 0 Å². The van der Waals surface area contributed by atoms with E-state index in [4.69, 9.17) is 16.6 Å². The average Bonchev–Trinajstić information content (AvgIpc) is 3.82. The van der Waals surface area contributed by atoms with Gasteiger partial charge < -0.3 is 4.98 Å². The molecule has 1 atom stereocenters. The standard InChI is InChI=1S/C58H39ClN4/c1-58(51-17-8-7-14-47(51)49-33-45(30-31-52(49)58)46-15-9-16-48-50-32-43-12-5-6-13-44(43)34-53(50)60-54(46)48)35-36-18-20-38(21-19-36)40-24-28-42(29-25-40)56-61-55(62-57(59)63-56)41-26-22-39(23-27-41)37-10-3-2-4-11-37/h2-34,60H,35H2,1H3. The summed E-state index contributed by atoms with van der Waals surface area (Å²) in [6, 6.07) is 71.9. The molecule has 2 aromatic heterocycles. The maximum atomic E-state index is 6.46. The number of halogens is 1. The second-order valence-electron chi connectivity index (χ2n) is 16.9. The topological polar surface area (TPSA) is 54.5 Å². The number of nitrogens with one attached hydrogen (secondary N) is 1. The Kier molecular flexibility index (Phi) is 8.70. The molecule has 9 aromatic carbocycles. The van der Waals surface area contributed by atoms with E-state index in [1.807, 2.05) is 30.3 Å². The van der Waals surface area contributed by atoms with E-state index >= 15 is 0 Å². The van der Waals surface area contributed by atoms with Gasteiger partial charge in [0.15, 0.2) is 11.6 Å². The van der Waals surface area contributed by atoms with Crippen LogP contribution >= 0.6 is 11.6 Å². The van der Waals surface area contributed by atoms with Crippen LogP contribution < -0.4 is 0 Å². The zero-order chi connectivity index (χ0) is 42.1. The summed E-state index contributed by atoms with van der Waals surface area (Å²) in [5, 5.41) is 5.18. The number of nitrogens with zero attached hydrogens (tertiary/aromatic N) is 3. The van der Waals surface area contributed by atoms with Crippen molar-refractivity contribution in [2.45, 2.75) is 18.8 Å². The predicted molar refractivity (Wildman–Crippen MR) is 261 cm³/mol. The number of fused-ring (bicyclic) bond motifs is 7. The highest BCUT2D eigenvalue weighted by Gasteiger charge is 2.39. The van der Waals surface area contributed by atoms with Crippen LogP contribution in [0.5, 0.6) is 0 Å². The highest BCUT2D eigenvalue weighted by Crippen LogP contribution is 2.52. The molecule has 1 aliphatic carbocycles. The highest BCUT2D eigenvalue weighted by molar-refractivity contribution is 6.28. The van der Waals surface area contributed by atoms with Crippen LogP contribution in [0.15, 0.2) is 200 Å². The lowest BCUT2D eigenvalue weighted by atomic mass is 9.75. The maximum Gasteiger partial charge on any atom is 0.226 e. The van der Waals surface area contributed by atoms with E-state index in [9.17, 15) is 0 Å². The van der Waals surface area contributed by atoms with E-state index in [-0.39, 0.29) is 10.7 Å². The molecule has 0 amide bonds. The van der Waals surface area contributed by atoms with Gasteiger partial charge in [0, 0.05) is 38.4 Å². The molecular weight excluding hydrogens is 788 g/mol. The van der Waals surface area contributed by atoms with Crippen molar-refractivity contribution in [3.63, 3.8) is 0 Å². The van der Waals surface area contributed by atoms with E-state index < -0.39 is 0 Å². The number of benzene rings is 9. The van der Waals surface area contributed by atoms with Crippen LogP contribution in [0.2, 0.25) is 5.28 Å². The first-order valence-corrected chi connectivity index (χ1v) is 21.8. The fourth-order valence-corrected chi connectivity index (χ4v) is 10.0. The molecule has 0 saturated heterocycles. The molecule has 0 saturated carbocycles. The summed E-state index contributed by atoms with van der Waals surface area (Å²) >= 11 is 6.46. The fraction of sp³-hybridized carbons (Fsp3) is 0.0517. The summed E-state index contributed by atoms with van der Waals surface area (Å²) in [7, 11) is 0. The lowest BCUT2D eigenvalue weighted by molar-refractivity contribution is 0.583. The van der Waals surface area contributed by atoms with Gasteiger partial charge in [-0.1, -0.05) is 189 Å². The molecule has 11 aromatic rings. The van der Waals surface area contributed by atoms with E-state index in [0.717, 1.165) is 39.8 Å². The van der Waals surface area contributed by atoms with Gasteiger partial charge in [-0.2, -0.15) is 9.97 Å². The van der Waals surface area contributed by atoms with Crippen LogP contribution in [0.25, 0.3) is 99.9 Å². The van der Waals surface area contributed by atoms with E-state index in [1.165, 1.54) is 71.5 Å². The Morgan fingerprint density at radius 3 is 1.67 bits per heavy atom. The van der Waals surface area contributed by atoms with Crippen molar-refractivity contribution in [1.82, 2.24) is 19.9 Å². The normalized spacial score (nSPS) is 14.3. The second kappa shape index (κ2) is 14.8. The zero-order valence-corrected chi connectivity index (χ0v) is 35.2. The van der Waals surface area contributed by atoms with Crippen molar-refractivity contribution >= 4 is 44.2 Å². The molecule has 0 aliphatic heterocycles. The van der Waals surface area contributed by atoms with Crippen LogP contribution in [0, 0.1) is 0 Å². The third kappa shape index (κ3) is 6.41. The first-order valence-electron chi connectivity index (χ1n) is 21.4. The van der Waals surface area contributed by atoms with Gasteiger partial charge in [-0.25, -0.2) is 4.98 Å². The summed E-state index contributed by atoms with van der Waals surface area (Å²) in [4.78, 5) is 17.6. The third-order valence-corrected chi connectivity index (χ3v) is 13.3. The smallest absolute Gasteiger partial charge is 0.226 e. The Hall–Kier alpha value is -7.66. The molecule has 1 N–H and O–H groups in total. The van der Waals surface area contributed by atoms with Gasteiger partial charge in [0.25, 0.3) is 0 Å². The largest absolute Gasteiger partial charge is 0.354 e. The Bertz CT molecular complexity index is 3540. The molecule has 0 bridgehead atoms. The molecule has 298 valence electrons. The lowest BCUT2D eigenvalue weighted by Gasteiger charge is -2.28. The molecule has 0 fully saturated rings. The number of H-pyrrole nitrogens is 1. The summed E-state index contributed by atoms with van der Waals surface area (Å²) in [6.07, 6.45) is 0.887. The summed E-state index contributed by atoms with van der Waals surface area (Å²) in [6.45, 7) is 2.41. The van der Waals surface area contributed by atoms with Crippen molar-refractivity contribution in [3.05, 3.63) is 222 Å². The zero-order valence-electron chi connectivity index (χ0n) is 34.5. The molecule has 4 nitrogen and oxygen atoms in total.